The van der Waals surface area contributed by atoms with Crippen LogP contribution < -0.4 is 10.5 Å². The standard InChI is InChI=1S/C14H15Cl2N5S/c1-18-4-8(3-17)6-21-7-9-2-10(15)12-11(16)5-19-14(12)13(9)20-22-21/h2-5,19-20H,6-7,17H2,1H3/b8-3+,18-4?. The Morgan fingerprint density at radius 2 is 2.32 bits per heavy atom. The summed E-state index contributed by atoms with van der Waals surface area (Å²) in [5, 5.41) is 2.13. The number of fused-ring (bicyclic) bond motifs is 3. The molecule has 0 amide bonds. The molecule has 22 heavy (non-hydrogen) atoms. The molecule has 0 unspecified atom stereocenters. The summed E-state index contributed by atoms with van der Waals surface area (Å²) in [6, 6.07) is 1.96. The highest BCUT2D eigenvalue weighted by atomic mass is 35.5. The number of hydrogen-bond acceptors (Lipinski definition) is 5. The van der Waals surface area contributed by atoms with Gasteiger partial charge in [0, 0.05) is 55.6 Å². The van der Waals surface area contributed by atoms with Crippen LogP contribution in [0.25, 0.3) is 10.9 Å². The van der Waals surface area contributed by atoms with Crippen molar-refractivity contribution in [2.75, 3.05) is 18.3 Å². The highest BCUT2D eigenvalue weighted by molar-refractivity contribution is 7.98. The molecule has 1 aliphatic heterocycles. The maximum atomic E-state index is 6.36. The molecule has 2 aromatic rings. The first-order chi connectivity index (χ1) is 10.6. The molecule has 1 aromatic carbocycles. The summed E-state index contributed by atoms with van der Waals surface area (Å²) in [7, 11) is 1.73. The van der Waals surface area contributed by atoms with Gasteiger partial charge >= 0.3 is 0 Å². The van der Waals surface area contributed by atoms with Crippen molar-refractivity contribution in [2.24, 2.45) is 10.7 Å². The van der Waals surface area contributed by atoms with Crippen LogP contribution in [0.5, 0.6) is 0 Å². The van der Waals surface area contributed by atoms with Gasteiger partial charge in [0.15, 0.2) is 0 Å². The average molecular weight is 356 g/mol. The zero-order chi connectivity index (χ0) is 15.7. The number of nitrogens with one attached hydrogen (secondary N) is 2. The van der Waals surface area contributed by atoms with E-state index in [0.717, 1.165) is 34.3 Å². The number of halogens is 2. The minimum atomic E-state index is 0.629. The average Bonchev–Trinajstić information content (AvgIpc) is 2.89. The zero-order valence-electron chi connectivity index (χ0n) is 11.9. The Morgan fingerprint density at radius 3 is 3.05 bits per heavy atom. The van der Waals surface area contributed by atoms with E-state index in [0.29, 0.717) is 16.6 Å². The fourth-order valence-electron chi connectivity index (χ4n) is 2.46. The molecular formula is C14H15Cl2N5S. The van der Waals surface area contributed by atoms with E-state index in [-0.39, 0.29) is 0 Å². The van der Waals surface area contributed by atoms with E-state index in [9.17, 15) is 0 Å². The van der Waals surface area contributed by atoms with Crippen molar-refractivity contribution in [1.29, 1.82) is 0 Å². The molecular weight excluding hydrogens is 341 g/mol. The van der Waals surface area contributed by atoms with Crippen LogP contribution in [-0.4, -0.2) is 29.1 Å². The maximum Gasteiger partial charge on any atom is 0.0742 e. The highest BCUT2D eigenvalue weighted by Crippen LogP contribution is 2.41. The lowest BCUT2D eigenvalue weighted by molar-refractivity contribution is 0.509. The quantitative estimate of drug-likeness (QED) is 0.578. The minimum absolute atomic E-state index is 0.629. The van der Waals surface area contributed by atoms with Crippen LogP contribution in [0.15, 0.2) is 29.0 Å². The van der Waals surface area contributed by atoms with Crippen molar-refractivity contribution in [2.45, 2.75) is 6.54 Å². The number of nitrogens with two attached hydrogens (primary N) is 1. The van der Waals surface area contributed by atoms with E-state index in [1.165, 1.54) is 12.1 Å². The summed E-state index contributed by atoms with van der Waals surface area (Å²) >= 11 is 14.1. The van der Waals surface area contributed by atoms with Gasteiger partial charge in [0.1, 0.15) is 0 Å². The van der Waals surface area contributed by atoms with Crippen LogP contribution in [-0.2, 0) is 6.54 Å². The molecule has 1 aromatic heterocycles. The first-order valence-electron chi connectivity index (χ1n) is 6.63. The van der Waals surface area contributed by atoms with Crippen molar-refractivity contribution < 1.29 is 0 Å². The van der Waals surface area contributed by atoms with E-state index in [1.54, 1.807) is 25.7 Å². The largest absolute Gasteiger partial charge is 0.404 e. The number of rotatable bonds is 3. The molecule has 1 aliphatic rings. The number of anilines is 1. The van der Waals surface area contributed by atoms with Gasteiger partial charge in [-0.05, 0) is 17.8 Å². The van der Waals surface area contributed by atoms with Gasteiger partial charge in [-0.1, -0.05) is 23.2 Å². The molecule has 0 radical (unpaired) electrons. The molecule has 0 saturated carbocycles. The summed E-state index contributed by atoms with van der Waals surface area (Å²) < 4.78 is 5.50. The fourth-order valence-corrected chi connectivity index (χ4v) is 3.95. The second-order valence-corrected chi connectivity index (χ2v) is 6.62. The molecule has 2 heterocycles. The van der Waals surface area contributed by atoms with Gasteiger partial charge in [-0.3, -0.25) is 4.99 Å². The van der Waals surface area contributed by atoms with E-state index in [1.807, 2.05) is 6.07 Å². The lowest BCUT2D eigenvalue weighted by Crippen LogP contribution is -2.25. The summed E-state index contributed by atoms with van der Waals surface area (Å²) in [5.41, 5.74) is 9.64. The topological polar surface area (TPSA) is 69.4 Å². The third-order valence-corrected chi connectivity index (χ3v) is 4.84. The van der Waals surface area contributed by atoms with Crippen molar-refractivity contribution in [3.05, 3.63) is 39.6 Å². The summed E-state index contributed by atoms with van der Waals surface area (Å²) in [6.07, 6.45) is 5.09. The molecule has 0 spiro atoms. The van der Waals surface area contributed by atoms with Crippen LogP contribution in [0.2, 0.25) is 10.0 Å². The molecule has 116 valence electrons. The molecule has 0 saturated heterocycles. The molecule has 0 fully saturated rings. The van der Waals surface area contributed by atoms with Gasteiger partial charge in [-0.2, -0.15) is 0 Å². The van der Waals surface area contributed by atoms with E-state index >= 15 is 0 Å². The van der Waals surface area contributed by atoms with Gasteiger partial charge in [0.25, 0.3) is 0 Å². The number of nitrogens with zero attached hydrogens (tertiary/aromatic N) is 2. The number of aromatic nitrogens is 1. The lowest BCUT2D eigenvalue weighted by atomic mass is 10.1. The number of benzene rings is 1. The predicted molar refractivity (Wildman–Crippen MR) is 96.6 cm³/mol. The second kappa shape index (κ2) is 6.42. The maximum absolute atomic E-state index is 6.36. The van der Waals surface area contributed by atoms with Gasteiger partial charge in [-0.15, -0.1) is 0 Å². The molecule has 0 aliphatic carbocycles. The van der Waals surface area contributed by atoms with Crippen LogP contribution in [0.3, 0.4) is 0 Å². The van der Waals surface area contributed by atoms with Crippen LogP contribution in [0, 0.1) is 0 Å². The second-order valence-electron chi connectivity index (χ2n) is 4.90. The van der Waals surface area contributed by atoms with E-state index in [2.05, 4.69) is 19.0 Å². The van der Waals surface area contributed by atoms with Crippen LogP contribution in [0.4, 0.5) is 5.69 Å². The zero-order valence-corrected chi connectivity index (χ0v) is 14.2. The normalized spacial score (nSPS) is 16.2. The van der Waals surface area contributed by atoms with Gasteiger partial charge in [-0.25, -0.2) is 4.31 Å². The molecule has 4 N–H and O–H groups in total. The summed E-state index contributed by atoms with van der Waals surface area (Å²) in [5.74, 6) is 0. The summed E-state index contributed by atoms with van der Waals surface area (Å²) in [6.45, 7) is 1.43. The Bertz CT molecular complexity index is 768. The molecule has 0 bridgehead atoms. The Hall–Kier alpha value is -1.34. The lowest BCUT2D eigenvalue weighted by Gasteiger charge is -2.28. The highest BCUT2D eigenvalue weighted by Gasteiger charge is 2.22. The van der Waals surface area contributed by atoms with Gasteiger partial charge < -0.3 is 15.4 Å². The Labute approximate surface area is 142 Å². The Kier molecular flexibility index (Phi) is 4.54. The number of aliphatic imine (C=N–C) groups is 1. The van der Waals surface area contributed by atoms with Crippen LogP contribution in [0.1, 0.15) is 5.56 Å². The molecule has 0 atom stereocenters. The molecule has 8 heteroatoms. The third-order valence-electron chi connectivity index (χ3n) is 3.43. The number of hydrogen-bond donors (Lipinski definition) is 3. The van der Waals surface area contributed by atoms with Crippen LogP contribution >= 0.6 is 35.3 Å². The van der Waals surface area contributed by atoms with Crippen molar-refractivity contribution in [3.63, 3.8) is 0 Å². The fraction of sp³-hybridized carbons (Fsp3) is 0.214. The molecule has 3 rings (SSSR count). The van der Waals surface area contributed by atoms with Crippen molar-refractivity contribution in [1.82, 2.24) is 9.29 Å². The Morgan fingerprint density at radius 1 is 1.50 bits per heavy atom. The monoisotopic (exact) mass is 355 g/mol. The van der Waals surface area contributed by atoms with E-state index in [4.69, 9.17) is 28.9 Å². The van der Waals surface area contributed by atoms with Crippen molar-refractivity contribution in [3.8, 4) is 0 Å². The minimum Gasteiger partial charge on any atom is -0.404 e. The van der Waals surface area contributed by atoms with E-state index < -0.39 is 0 Å². The van der Waals surface area contributed by atoms with Gasteiger partial charge in [0.05, 0.1) is 21.2 Å². The predicted octanol–water partition coefficient (Wildman–Crippen LogP) is 3.81. The number of aromatic amines is 1. The van der Waals surface area contributed by atoms with Crippen molar-refractivity contribution >= 4 is 58.1 Å². The number of H-pyrrole nitrogens is 1. The Balaban J connectivity index is 1.91. The summed E-state index contributed by atoms with van der Waals surface area (Å²) in [4.78, 5) is 7.18. The SMILES string of the molecule is CN=C/C(=C\N)CN1Cc2cc(Cl)c3c(Cl)c[nH]c3c2NS1. The first kappa shape index (κ1) is 15.6. The molecule has 5 nitrogen and oxygen atoms in total. The van der Waals surface area contributed by atoms with Gasteiger partial charge in [0.2, 0.25) is 0 Å². The smallest absolute Gasteiger partial charge is 0.0742 e. The first-order valence-corrected chi connectivity index (χ1v) is 8.15. The third kappa shape index (κ3) is 2.79.